The summed E-state index contributed by atoms with van der Waals surface area (Å²) in [5.41, 5.74) is -0.0248. The molecule has 0 saturated carbocycles. The van der Waals surface area contributed by atoms with E-state index in [9.17, 15) is 28.7 Å². The van der Waals surface area contributed by atoms with Gasteiger partial charge in [0.05, 0.1) is 32.2 Å². The largest absolute Gasteiger partial charge is 0.480 e. The lowest BCUT2D eigenvalue weighted by molar-refractivity contribution is -0.139. The van der Waals surface area contributed by atoms with Crippen LogP contribution in [0.4, 0.5) is 4.39 Å². The van der Waals surface area contributed by atoms with Crippen LogP contribution in [0.25, 0.3) is 16.6 Å². The monoisotopic (exact) mass is 586 g/mol. The molecule has 1 aromatic heterocycles. The number of aryl methyl sites for hydroxylation is 1. The van der Waals surface area contributed by atoms with Gasteiger partial charge >= 0.3 is 11.7 Å². The molecule has 4 aromatic rings. The molecule has 3 aromatic carbocycles. The second-order valence-corrected chi connectivity index (χ2v) is 9.94. The molecule has 1 atom stereocenters. The molecule has 12 heteroatoms. The van der Waals surface area contributed by atoms with Crippen LogP contribution in [0.1, 0.15) is 21.5 Å². The minimum Gasteiger partial charge on any atom is -0.480 e. The number of amides is 1. The molecule has 1 heterocycles. The number of carbonyl (C=O) groups is 2. The molecule has 0 aliphatic heterocycles. The number of likely N-dealkylation sites (N-methyl/N-ethyl adjacent to an activating group) is 1. The lowest BCUT2D eigenvalue weighted by atomic mass is 10.0. The van der Waals surface area contributed by atoms with Crippen LogP contribution in [-0.4, -0.2) is 45.8 Å². The maximum Gasteiger partial charge on any atom is 0.335 e. The fourth-order valence-electron chi connectivity index (χ4n) is 4.36. The average molecular weight is 587 g/mol. The number of carbonyl (C=O) groups excluding carboxylic acids is 1. The molecule has 0 aliphatic rings. The summed E-state index contributed by atoms with van der Waals surface area (Å²) < 4.78 is 16.8. The maximum atomic E-state index is 14.6. The van der Waals surface area contributed by atoms with Gasteiger partial charge in [-0.2, -0.15) is 0 Å². The van der Waals surface area contributed by atoms with E-state index in [1.807, 2.05) is 0 Å². The molecule has 9 nitrogen and oxygen atoms in total. The van der Waals surface area contributed by atoms with Crippen molar-refractivity contribution in [1.29, 1.82) is 0 Å². The second-order valence-electron chi connectivity index (χ2n) is 9.13. The Kier molecular flexibility index (Phi) is 8.73. The molecule has 0 spiro atoms. The highest BCUT2D eigenvalue weighted by atomic mass is 35.5. The second kappa shape index (κ2) is 12.0. The summed E-state index contributed by atoms with van der Waals surface area (Å²) in [5, 5.41) is 15.4. The lowest BCUT2D eigenvalue weighted by Crippen LogP contribution is -2.42. The highest BCUT2D eigenvalue weighted by molar-refractivity contribution is 6.39. The van der Waals surface area contributed by atoms with Gasteiger partial charge < -0.3 is 15.7 Å². The van der Waals surface area contributed by atoms with Crippen molar-refractivity contribution in [3.63, 3.8) is 0 Å². The summed E-state index contributed by atoms with van der Waals surface area (Å²) in [4.78, 5) is 51.0. The molecule has 0 unspecified atom stereocenters. The van der Waals surface area contributed by atoms with Crippen molar-refractivity contribution in [2.75, 3.05) is 13.6 Å². The number of hydrogen-bond acceptors (Lipinski definition) is 5. The van der Waals surface area contributed by atoms with Crippen LogP contribution >= 0.6 is 23.2 Å². The number of nitrogens with zero attached hydrogens (tertiary/aromatic N) is 2. The van der Waals surface area contributed by atoms with E-state index >= 15 is 0 Å². The summed E-state index contributed by atoms with van der Waals surface area (Å²) in [6, 6.07) is 11.9. The number of aliphatic carboxylic acids is 1. The smallest absolute Gasteiger partial charge is 0.335 e. The number of rotatable bonds is 9. The molecular formula is C28H25Cl2FN4O5. The van der Waals surface area contributed by atoms with Gasteiger partial charge in [-0.15, -0.1) is 0 Å². The van der Waals surface area contributed by atoms with Gasteiger partial charge in [-0.1, -0.05) is 41.4 Å². The summed E-state index contributed by atoms with van der Waals surface area (Å²) in [6.45, 7) is 0.507. The first-order valence-electron chi connectivity index (χ1n) is 12.2. The fraction of sp³-hybridized carbons (Fsp3) is 0.214. The van der Waals surface area contributed by atoms with Gasteiger partial charge in [0.25, 0.3) is 11.5 Å². The Morgan fingerprint density at radius 1 is 1.05 bits per heavy atom. The van der Waals surface area contributed by atoms with E-state index in [0.29, 0.717) is 24.1 Å². The van der Waals surface area contributed by atoms with Gasteiger partial charge in [0.1, 0.15) is 11.9 Å². The van der Waals surface area contributed by atoms with E-state index in [0.717, 1.165) is 4.57 Å². The van der Waals surface area contributed by atoms with Crippen molar-refractivity contribution < 1.29 is 19.1 Å². The third-order valence-electron chi connectivity index (χ3n) is 6.51. The van der Waals surface area contributed by atoms with Crippen molar-refractivity contribution in [2.24, 2.45) is 7.05 Å². The molecule has 4 rings (SSSR count). The number of carboxylic acids is 1. The molecular weight excluding hydrogens is 562 g/mol. The Morgan fingerprint density at radius 2 is 1.70 bits per heavy atom. The molecule has 0 saturated heterocycles. The predicted molar refractivity (Wildman–Crippen MR) is 151 cm³/mol. The van der Waals surface area contributed by atoms with Gasteiger partial charge in [-0.25, -0.2) is 18.5 Å². The number of halogens is 3. The lowest BCUT2D eigenvalue weighted by Gasteiger charge is -2.16. The van der Waals surface area contributed by atoms with Crippen molar-refractivity contribution in [1.82, 2.24) is 19.8 Å². The molecule has 0 aliphatic carbocycles. The van der Waals surface area contributed by atoms with Crippen LogP contribution in [0.15, 0.2) is 64.2 Å². The number of fused-ring (bicyclic) bond motifs is 1. The van der Waals surface area contributed by atoms with Gasteiger partial charge in [0, 0.05) is 13.5 Å². The summed E-state index contributed by atoms with van der Waals surface area (Å²) in [6.07, 6.45) is 0.265. The van der Waals surface area contributed by atoms with Gasteiger partial charge in [0.2, 0.25) is 0 Å². The SMILES string of the molecule is CNCCc1cc2c(=O)n(-c3ccc(C[C@H](NC(=O)c4c(Cl)cccc4Cl)C(=O)O)cc3)c(=O)n(C)c2cc1F. The van der Waals surface area contributed by atoms with Crippen LogP contribution in [0.3, 0.4) is 0 Å². The van der Waals surface area contributed by atoms with Crippen LogP contribution in [-0.2, 0) is 24.7 Å². The molecule has 1 amide bonds. The van der Waals surface area contributed by atoms with Crippen LogP contribution < -0.4 is 21.9 Å². The first-order chi connectivity index (χ1) is 19.0. The van der Waals surface area contributed by atoms with Gasteiger partial charge in [-0.05, 0) is 67.5 Å². The van der Waals surface area contributed by atoms with E-state index in [4.69, 9.17) is 23.2 Å². The number of aromatic nitrogens is 2. The number of hydrogen-bond donors (Lipinski definition) is 3. The van der Waals surface area contributed by atoms with E-state index < -0.39 is 35.0 Å². The third kappa shape index (κ3) is 5.79. The van der Waals surface area contributed by atoms with Crippen molar-refractivity contribution in [3.05, 3.63) is 108 Å². The standard InChI is InChI=1S/C28H25Cl2FN4O5/c1-32-11-10-16-13-18-23(14-21(16)31)34(2)28(40)35(26(18)37)17-8-6-15(7-9-17)12-22(27(38)39)33-25(36)24-19(29)4-3-5-20(24)30/h3-9,13-14,22,32H,10-12H2,1-2H3,(H,33,36)(H,38,39)/t22-/m0/s1. The minimum atomic E-state index is -1.31. The topological polar surface area (TPSA) is 122 Å². The Balaban J connectivity index is 1.65. The zero-order valence-corrected chi connectivity index (χ0v) is 23.0. The molecule has 0 radical (unpaired) electrons. The van der Waals surface area contributed by atoms with E-state index in [1.165, 1.54) is 48.0 Å². The van der Waals surface area contributed by atoms with Crippen molar-refractivity contribution >= 4 is 46.0 Å². The van der Waals surface area contributed by atoms with Crippen LogP contribution in [0, 0.1) is 5.82 Å². The molecule has 0 fully saturated rings. The van der Waals surface area contributed by atoms with E-state index in [-0.39, 0.29) is 38.6 Å². The minimum absolute atomic E-state index is 0.0343. The maximum absolute atomic E-state index is 14.6. The van der Waals surface area contributed by atoms with Crippen LogP contribution in [0.2, 0.25) is 10.0 Å². The highest BCUT2D eigenvalue weighted by Crippen LogP contribution is 2.24. The molecule has 40 heavy (non-hydrogen) atoms. The predicted octanol–water partition coefficient (Wildman–Crippen LogP) is 3.32. The molecule has 208 valence electrons. The first kappa shape index (κ1) is 29.0. The quantitative estimate of drug-likeness (QED) is 0.276. The van der Waals surface area contributed by atoms with Gasteiger partial charge in [-0.3, -0.25) is 14.2 Å². The Hall–Kier alpha value is -3.99. The van der Waals surface area contributed by atoms with Crippen molar-refractivity contribution in [2.45, 2.75) is 18.9 Å². The van der Waals surface area contributed by atoms with Crippen LogP contribution in [0.5, 0.6) is 0 Å². The Labute approximate surface area is 237 Å². The molecule has 0 bridgehead atoms. The normalized spacial score (nSPS) is 11.9. The fourth-order valence-corrected chi connectivity index (χ4v) is 4.93. The zero-order chi connectivity index (χ0) is 29.1. The number of nitrogens with one attached hydrogen (secondary N) is 2. The Bertz CT molecular complexity index is 1710. The first-order valence-corrected chi connectivity index (χ1v) is 12.9. The Morgan fingerprint density at radius 3 is 2.30 bits per heavy atom. The van der Waals surface area contributed by atoms with Gasteiger partial charge in [0.15, 0.2) is 0 Å². The van der Waals surface area contributed by atoms with E-state index in [2.05, 4.69) is 10.6 Å². The highest BCUT2D eigenvalue weighted by Gasteiger charge is 2.24. The summed E-state index contributed by atoms with van der Waals surface area (Å²) >= 11 is 12.1. The zero-order valence-electron chi connectivity index (χ0n) is 21.5. The molecule has 3 N–H and O–H groups in total. The summed E-state index contributed by atoms with van der Waals surface area (Å²) in [5.74, 6) is -2.52. The third-order valence-corrected chi connectivity index (χ3v) is 7.14. The summed E-state index contributed by atoms with van der Waals surface area (Å²) in [7, 11) is 3.19. The average Bonchev–Trinajstić information content (AvgIpc) is 2.91. The van der Waals surface area contributed by atoms with Crippen molar-refractivity contribution in [3.8, 4) is 5.69 Å². The number of benzene rings is 3. The van der Waals surface area contributed by atoms with E-state index in [1.54, 1.807) is 25.2 Å². The number of carboxylic acid groups (broad SMARTS) is 1.